The smallest absolute Gasteiger partial charge is 0.186 e. The first kappa shape index (κ1) is 14.7. The van der Waals surface area contributed by atoms with Crippen molar-refractivity contribution in [3.8, 4) is 0 Å². The number of rotatable bonds is 5. The first-order chi connectivity index (χ1) is 9.52. The molecule has 0 aliphatic rings. The summed E-state index contributed by atoms with van der Waals surface area (Å²) in [4.78, 5) is 18.6. The van der Waals surface area contributed by atoms with Gasteiger partial charge in [0, 0.05) is 13.6 Å². The molecule has 1 aromatic heterocycles. The van der Waals surface area contributed by atoms with Crippen LogP contribution in [0, 0.1) is 6.92 Å². The van der Waals surface area contributed by atoms with E-state index in [4.69, 9.17) is 0 Å². The minimum atomic E-state index is 0.270. The fraction of sp³-hybridized carbons (Fsp3) is 0.375. The van der Waals surface area contributed by atoms with E-state index in [0.717, 1.165) is 28.5 Å². The van der Waals surface area contributed by atoms with Crippen LogP contribution in [-0.2, 0) is 6.54 Å². The first-order valence-electron chi connectivity index (χ1n) is 6.74. The predicted octanol–water partition coefficient (Wildman–Crippen LogP) is 4.02. The second-order valence-electron chi connectivity index (χ2n) is 5.30. The van der Waals surface area contributed by atoms with Gasteiger partial charge in [-0.2, -0.15) is 0 Å². The van der Waals surface area contributed by atoms with Crippen LogP contribution >= 0.6 is 11.3 Å². The van der Waals surface area contributed by atoms with Crippen molar-refractivity contribution < 1.29 is 4.79 Å². The third-order valence-corrected chi connectivity index (χ3v) is 4.43. The second-order valence-corrected chi connectivity index (χ2v) is 6.31. The summed E-state index contributed by atoms with van der Waals surface area (Å²) in [6.45, 7) is 7.04. The number of hydrogen-bond acceptors (Lipinski definition) is 4. The molecule has 0 aliphatic heterocycles. The lowest BCUT2D eigenvalue weighted by Crippen LogP contribution is -2.16. The van der Waals surface area contributed by atoms with Crippen molar-refractivity contribution in [2.24, 2.45) is 0 Å². The van der Waals surface area contributed by atoms with Gasteiger partial charge in [0.05, 0.1) is 10.6 Å². The van der Waals surface area contributed by atoms with Crippen molar-refractivity contribution in [2.45, 2.75) is 33.2 Å². The maximum Gasteiger partial charge on any atom is 0.186 e. The van der Waals surface area contributed by atoms with Crippen molar-refractivity contribution >= 4 is 22.8 Å². The number of aromatic nitrogens is 1. The molecule has 0 aliphatic carbocycles. The van der Waals surface area contributed by atoms with E-state index in [-0.39, 0.29) is 5.92 Å². The molecule has 0 radical (unpaired) electrons. The molecule has 0 amide bonds. The molecule has 0 saturated carbocycles. The van der Waals surface area contributed by atoms with Crippen LogP contribution in [0.3, 0.4) is 0 Å². The summed E-state index contributed by atoms with van der Waals surface area (Å²) in [5, 5.41) is 0.902. The topological polar surface area (TPSA) is 33.2 Å². The Morgan fingerprint density at radius 3 is 2.60 bits per heavy atom. The maximum absolute atomic E-state index is 11.1. The Morgan fingerprint density at radius 1 is 1.35 bits per heavy atom. The number of carbonyl (C=O) groups excluding carboxylic acids is 1. The molecule has 0 fully saturated rings. The number of hydrogen-bond donors (Lipinski definition) is 0. The standard InChI is InChI=1S/C16H20N2OS/c1-11(2)15-14(10-19)20-16(17-15)18(4)9-13-8-6-5-7-12(13)3/h5-8,10-11H,9H2,1-4H3. The average Bonchev–Trinajstić information content (AvgIpc) is 2.86. The number of carbonyl (C=O) groups is 1. The molecule has 20 heavy (non-hydrogen) atoms. The molecule has 0 bridgehead atoms. The number of aldehydes is 1. The van der Waals surface area contributed by atoms with Crippen LogP contribution in [-0.4, -0.2) is 18.3 Å². The van der Waals surface area contributed by atoms with Crippen LogP contribution in [0.5, 0.6) is 0 Å². The predicted molar refractivity (Wildman–Crippen MR) is 84.9 cm³/mol. The molecule has 2 aromatic rings. The number of aryl methyl sites for hydroxylation is 1. The number of benzene rings is 1. The molecule has 0 unspecified atom stereocenters. The average molecular weight is 288 g/mol. The Bertz CT molecular complexity index is 604. The fourth-order valence-corrected chi connectivity index (χ4v) is 3.10. The van der Waals surface area contributed by atoms with Crippen molar-refractivity contribution in [1.82, 2.24) is 4.98 Å². The van der Waals surface area contributed by atoms with Gasteiger partial charge in [-0.1, -0.05) is 49.4 Å². The van der Waals surface area contributed by atoms with Gasteiger partial charge in [-0.3, -0.25) is 4.79 Å². The Balaban J connectivity index is 2.23. The van der Waals surface area contributed by atoms with E-state index in [2.05, 4.69) is 48.9 Å². The van der Waals surface area contributed by atoms with E-state index in [1.54, 1.807) is 0 Å². The third kappa shape index (κ3) is 3.07. The van der Waals surface area contributed by atoms with E-state index in [9.17, 15) is 4.79 Å². The number of anilines is 1. The van der Waals surface area contributed by atoms with Crippen LogP contribution in [0.1, 0.15) is 46.3 Å². The molecule has 0 N–H and O–H groups in total. The molecule has 3 nitrogen and oxygen atoms in total. The first-order valence-corrected chi connectivity index (χ1v) is 7.56. The highest BCUT2D eigenvalue weighted by Gasteiger charge is 2.16. The Labute approximate surface area is 124 Å². The van der Waals surface area contributed by atoms with Crippen LogP contribution in [0.2, 0.25) is 0 Å². The molecule has 0 saturated heterocycles. The van der Waals surface area contributed by atoms with Crippen molar-refractivity contribution in [3.63, 3.8) is 0 Å². The monoisotopic (exact) mass is 288 g/mol. The zero-order chi connectivity index (χ0) is 14.7. The lowest BCUT2D eigenvalue weighted by Gasteiger charge is -2.17. The van der Waals surface area contributed by atoms with Gasteiger partial charge >= 0.3 is 0 Å². The van der Waals surface area contributed by atoms with Gasteiger partial charge in [0.1, 0.15) is 0 Å². The zero-order valence-electron chi connectivity index (χ0n) is 12.4. The number of nitrogens with zero attached hydrogens (tertiary/aromatic N) is 2. The normalized spacial score (nSPS) is 10.8. The van der Waals surface area contributed by atoms with Gasteiger partial charge in [-0.25, -0.2) is 4.98 Å². The quantitative estimate of drug-likeness (QED) is 0.779. The van der Waals surface area contributed by atoms with E-state index < -0.39 is 0 Å². The highest BCUT2D eigenvalue weighted by Crippen LogP contribution is 2.29. The molecular formula is C16H20N2OS. The SMILES string of the molecule is Cc1ccccc1CN(C)c1nc(C(C)C)c(C=O)s1. The van der Waals surface area contributed by atoms with Crippen molar-refractivity contribution in [3.05, 3.63) is 46.0 Å². The van der Waals surface area contributed by atoms with Crippen molar-refractivity contribution in [2.75, 3.05) is 11.9 Å². The van der Waals surface area contributed by atoms with Crippen LogP contribution in [0.4, 0.5) is 5.13 Å². The Kier molecular flexibility index (Phi) is 4.55. The second kappa shape index (κ2) is 6.18. The molecule has 4 heteroatoms. The summed E-state index contributed by atoms with van der Waals surface area (Å²) in [5.74, 6) is 0.270. The van der Waals surface area contributed by atoms with Gasteiger partial charge < -0.3 is 4.90 Å². The zero-order valence-corrected chi connectivity index (χ0v) is 13.2. The lowest BCUT2D eigenvalue weighted by atomic mass is 10.1. The van der Waals surface area contributed by atoms with Crippen LogP contribution < -0.4 is 4.90 Å². The van der Waals surface area contributed by atoms with E-state index in [1.807, 2.05) is 13.1 Å². The summed E-state index contributed by atoms with van der Waals surface area (Å²) in [6.07, 6.45) is 0.915. The number of thiazole rings is 1. The van der Waals surface area contributed by atoms with E-state index >= 15 is 0 Å². The highest BCUT2D eigenvalue weighted by atomic mass is 32.1. The highest BCUT2D eigenvalue weighted by molar-refractivity contribution is 7.17. The summed E-state index contributed by atoms with van der Waals surface area (Å²) < 4.78 is 0. The van der Waals surface area contributed by atoms with Gasteiger partial charge in [0.15, 0.2) is 11.4 Å². The molecule has 1 heterocycles. The third-order valence-electron chi connectivity index (χ3n) is 3.32. The molecular weight excluding hydrogens is 268 g/mol. The molecule has 106 valence electrons. The maximum atomic E-state index is 11.1. The van der Waals surface area contributed by atoms with Crippen LogP contribution in [0.25, 0.3) is 0 Å². The minimum Gasteiger partial charge on any atom is -0.347 e. The summed E-state index contributed by atoms with van der Waals surface area (Å²) >= 11 is 1.47. The van der Waals surface area contributed by atoms with Gasteiger partial charge in [0.25, 0.3) is 0 Å². The Morgan fingerprint density at radius 2 is 2.05 bits per heavy atom. The van der Waals surface area contributed by atoms with Crippen molar-refractivity contribution in [1.29, 1.82) is 0 Å². The van der Waals surface area contributed by atoms with Gasteiger partial charge in [-0.05, 0) is 24.0 Å². The largest absolute Gasteiger partial charge is 0.347 e. The van der Waals surface area contributed by atoms with E-state index in [1.165, 1.54) is 22.5 Å². The van der Waals surface area contributed by atoms with Crippen LogP contribution in [0.15, 0.2) is 24.3 Å². The fourth-order valence-electron chi connectivity index (χ4n) is 2.10. The summed E-state index contributed by atoms with van der Waals surface area (Å²) in [7, 11) is 2.02. The molecule has 2 rings (SSSR count). The lowest BCUT2D eigenvalue weighted by molar-refractivity contribution is 0.112. The summed E-state index contributed by atoms with van der Waals surface area (Å²) in [5.41, 5.74) is 3.45. The van der Waals surface area contributed by atoms with E-state index in [0.29, 0.717) is 0 Å². The summed E-state index contributed by atoms with van der Waals surface area (Å²) in [6, 6.07) is 8.34. The molecule has 0 atom stereocenters. The molecule has 0 spiro atoms. The molecule has 1 aromatic carbocycles. The minimum absolute atomic E-state index is 0.270. The van der Waals surface area contributed by atoms with Gasteiger partial charge in [0.2, 0.25) is 0 Å². The Hall–Kier alpha value is -1.68. The van der Waals surface area contributed by atoms with Gasteiger partial charge in [-0.15, -0.1) is 0 Å².